The van der Waals surface area contributed by atoms with Crippen LogP contribution in [0.2, 0.25) is 0 Å². The van der Waals surface area contributed by atoms with Crippen molar-refractivity contribution < 1.29 is 13.6 Å². The van der Waals surface area contributed by atoms with Gasteiger partial charge in [0.15, 0.2) is 0 Å². The number of aromatic nitrogens is 2. The topological polar surface area (TPSA) is 86.2 Å². The van der Waals surface area contributed by atoms with E-state index in [9.17, 15) is 18.8 Å². The zero-order chi connectivity index (χ0) is 22.5. The van der Waals surface area contributed by atoms with Gasteiger partial charge in [0, 0.05) is 18.5 Å². The number of carbonyl (C=O) groups excluding carboxylic acids is 1. The molecule has 0 aliphatic rings. The van der Waals surface area contributed by atoms with Crippen LogP contribution < -0.4 is 16.6 Å². The molecule has 7 nitrogen and oxygen atoms in total. The Kier molecular flexibility index (Phi) is 6.30. The second kappa shape index (κ2) is 9.47. The molecule has 32 heavy (non-hydrogen) atoms. The molecule has 0 radical (unpaired) electrons. The van der Waals surface area contributed by atoms with Crippen LogP contribution in [-0.2, 0) is 24.4 Å². The third kappa shape index (κ3) is 4.54. The van der Waals surface area contributed by atoms with Gasteiger partial charge in [-0.15, -0.1) is 0 Å². The van der Waals surface area contributed by atoms with Crippen LogP contribution in [0, 0.1) is 5.82 Å². The van der Waals surface area contributed by atoms with E-state index in [1.807, 2.05) is 0 Å². The molecule has 4 aromatic rings. The number of nitrogens with zero attached hydrogens (tertiary/aromatic N) is 2. The van der Waals surface area contributed by atoms with Crippen LogP contribution in [0.25, 0.3) is 10.9 Å². The summed E-state index contributed by atoms with van der Waals surface area (Å²) in [5.41, 5.74) is -0.167. The second-order valence-electron chi connectivity index (χ2n) is 7.39. The van der Waals surface area contributed by atoms with Crippen LogP contribution in [0.3, 0.4) is 0 Å². The Labute approximate surface area is 182 Å². The molecule has 2 aromatic heterocycles. The molecule has 0 unspecified atom stereocenters. The third-order valence-corrected chi connectivity index (χ3v) is 5.24. The smallest absolute Gasteiger partial charge is 0.331 e. The van der Waals surface area contributed by atoms with Crippen LogP contribution in [0.4, 0.5) is 4.39 Å². The van der Waals surface area contributed by atoms with Crippen molar-refractivity contribution in [1.29, 1.82) is 0 Å². The number of halogens is 1. The van der Waals surface area contributed by atoms with Crippen molar-refractivity contribution in [3.63, 3.8) is 0 Å². The van der Waals surface area contributed by atoms with E-state index in [0.717, 1.165) is 4.57 Å². The molecule has 0 spiro atoms. The molecule has 0 bridgehead atoms. The fourth-order valence-electron chi connectivity index (χ4n) is 3.60. The molecule has 0 fully saturated rings. The summed E-state index contributed by atoms with van der Waals surface area (Å²) >= 11 is 0. The molecule has 164 valence electrons. The Morgan fingerprint density at radius 1 is 0.969 bits per heavy atom. The predicted octanol–water partition coefficient (Wildman–Crippen LogP) is 3.04. The molecule has 0 aliphatic carbocycles. The van der Waals surface area contributed by atoms with Crippen molar-refractivity contribution in [3.05, 3.63) is 105 Å². The maximum Gasteiger partial charge on any atom is 0.331 e. The van der Waals surface area contributed by atoms with Crippen LogP contribution in [-0.4, -0.2) is 15.0 Å². The zero-order valence-electron chi connectivity index (χ0n) is 17.3. The average Bonchev–Trinajstić information content (AvgIpc) is 3.32. The minimum atomic E-state index is -0.534. The summed E-state index contributed by atoms with van der Waals surface area (Å²) in [6.45, 7) is 0.348. The number of nitrogens with one attached hydrogen (secondary N) is 1. The third-order valence-electron chi connectivity index (χ3n) is 5.24. The molecule has 2 aromatic carbocycles. The van der Waals surface area contributed by atoms with Gasteiger partial charge in [0.2, 0.25) is 5.91 Å². The van der Waals surface area contributed by atoms with E-state index in [1.165, 1.54) is 16.9 Å². The van der Waals surface area contributed by atoms with Gasteiger partial charge in [-0.1, -0.05) is 30.3 Å². The summed E-state index contributed by atoms with van der Waals surface area (Å²) in [6.07, 6.45) is 1.98. The van der Waals surface area contributed by atoms with Crippen molar-refractivity contribution in [2.75, 3.05) is 0 Å². The summed E-state index contributed by atoms with van der Waals surface area (Å²) in [5.74, 6) is 0.0107. The van der Waals surface area contributed by atoms with E-state index in [4.69, 9.17) is 4.42 Å². The van der Waals surface area contributed by atoms with Crippen molar-refractivity contribution in [2.24, 2.45) is 0 Å². The lowest BCUT2D eigenvalue weighted by molar-refractivity contribution is -0.121. The highest BCUT2D eigenvalue weighted by molar-refractivity contribution is 5.78. The first-order chi connectivity index (χ1) is 15.5. The van der Waals surface area contributed by atoms with E-state index >= 15 is 0 Å². The van der Waals surface area contributed by atoms with E-state index in [0.29, 0.717) is 28.6 Å². The van der Waals surface area contributed by atoms with Crippen LogP contribution >= 0.6 is 0 Å². The maximum atomic E-state index is 14.2. The summed E-state index contributed by atoms with van der Waals surface area (Å²) in [4.78, 5) is 38.2. The van der Waals surface area contributed by atoms with E-state index in [-0.39, 0.29) is 32.0 Å². The Balaban J connectivity index is 1.56. The minimum absolute atomic E-state index is 0.00403. The van der Waals surface area contributed by atoms with E-state index in [2.05, 4.69) is 5.32 Å². The quantitative estimate of drug-likeness (QED) is 0.461. The number of para-hydroxylation sites is 1. The van der Waals surface area contributed by atoms with Crippen LogP contribution in [0.15, 0.2) is 80.9 Å². The molecule has 0 aliphatic heterocycles. The van der Waals surface area contributed by atoms with Gasteiger partial charge >= 0.3 is 5.69 Å². The summed E-state index contributed by atoms with van der Waals surface area (Å²) in [7, 11) is 0. The van der Waals surface area contributed by atoms with Gasteiger partial charge in [-0.05, 0) is 36.8 Å². The Hall–Kier alpha value is -3.94. The number of rotatable bonds is 8. The SMILES string of the molecule is O=C(CCCn1c(=O)c2ccccc2n(Cc2ccccc2F)c1=O)NCc1ccco1. The van der Waals surface area contributed by atoms with Crippen LogP contribution in [0.1, 0.15) is 24.2 Å². The first kappa shape index (κ1) is 21.3. The molecule has 1 amide bonds. The average molecular weight is 435 g/mol. The molecule has 2 heterocycles. The van der Waals surface area contributed by atoms with Gasteiger partial charge in [0.25, 0.3) is 5.56 Å². The number of amides is 1. The molecule has 8 heteroatoms. The highest BCUT2D eigenvalue weighted by atomic mass is 19.1. The first-order valence-electron chi connectivity index (χ1n) is 10.3. The minimum Gasteiger partial charge on any atom is -0.467 e. The standard InChI is InChI=1S/C24H22FN3O4/c25-20-10-3-1-7-17(20)16-28-21-11-4-2-9-19(21)23(30)27(24(28)31)13-5-12-22(29)26-15-18-8-6-14-32-18/h1-4,6-11,14H,5,12-13,15-16H2,(H,26,29). The Morgan fingerprint density at radius 3 is 2.53 bits per heavy atom. The van der Waals surface area contributed by atoms with Gasteiger partial charge in [0.05, 0.1) is 30.3 Å². The summed E-state index contributed by atoms with van der Waals surface area (Å²) in [5, 5.41) is 3.10. The van der Waals surface area contributed by atoms with Gasteiger partial charge in [-0.25, -0.2) is 9.18 Å². The number of benzene rings is 2. The second-order valence-corrected chi connectivity index (χ2v) is 7.39. The monoisotopic (exact) mass is 435 g/mol. The molecule has 0 saturated heterocycles. The lowest BCUT2D eigenvalue weighted by Gasteiger charge is -2.14. The van der Waals surface area contributed by atoms with Gasteiger partial charge in [0.1, 0.15) is 11.6 Å². The number of fused-ring (bicyclic) bond motifs is 1. The van der Waals surface area contributed by atoms with Gasteiger partial charge in [-0.3, -0.25) is 18.7 Å². The predicted molar refractivity (Wildman–Crippen MR) is 118 cm³/mol. The highest BCUT2D eigenvalue weighted by Gasteiger charge is 2.15. The number of hydrogen-bond acceptors (Lipinski definition) is 4. The highest BCUT2D eigenvalue weighted by Crippen LogP contribution is 2.13. The lowest BCUT2D eigenvalue weighted by atomic mass is 10.2. The molecule has 1 N–H and O–H groups in total. The van der Waals surface area contributed by atoms with Gasteiger partial charge < -0.3 is 9.73 Å². The lowest BCUT2D eigenvalue weighted by Crippen LogP contribution is -2.40. The Morgan fingerprint density at radius 2 is 1.75 bits per heavy atom. The van der Waals surface area contributed by atoms with Crippen molar-refractivity contribution in [1.82, 2.24) is 14.5 Å². The summed E-state index contributed by atoms with van der Waals surface area (Å²) in [6, 6.07) is 16.5. The van der Waals surface area contributed by atoms with Crippen molar-refractivity contribution in [2.45, 2.75) is 32.5 Å². The van der Waals surface area contributed by atoms with Crippen LogP contribution in [0.5, 0.6) is 0 Å². The Bertz CT molecular complexity index is 1360. The van der Waals surface area contributed by atoms with E-state index in [1.54, 1.807) is 54.6 Å². The first-order valence-corrected chi connectivity index (χ1v) is 10.3. The molecule has 4 rings (SSSR count). The largest absolute Gasteiger partial charge is 0.467 e. The maximum absolute atomic E-state index is 14.2. The van der Waals surface area contributed by atoms with Crippen molar-refractivity contribution in [3.8, 4) is 0 Å². The fraction of sp³-hybridized carbons (Fsp3) is 0.208. The van der Waals surface area contributed by atoms with Crippen molar-refractivity contribution >= 4 is 16.8 Å². The van der Waals surface area contributed by atoms with Gasteiger partial charge in [-0.2, -0.15) is 0 Å². The molecule has 0 atom stereocenters. The van der Waals surface area contributed by atoms with E-state index < -0.39 is 17.1 Å². The molecular formula is C24H22FN3O4. The number of hydrogen-bond donors (Lipinski definition) is 1. The molecule has 0 saturated carbocycles. The zero-order valence-corrected chi connectivity index (χ0v) is 17.3. The number of furan rings is 1. The molecular weight excluding hydrogens is 413 g/mol. The summed E-state index contributed by atoms with van der Waals surface area (Å²) < 4.78 is 21.9. The fourth-order valence-corrected chi connectivity index (χ4v) is 3.60. The number of carbonyl (C=O) groups is 1. The normalized spacial score (nSPS) is 11.0.